The number of aromatic amines is 1. The number of anilines is 2. The van der Waals surface area contributed by atoms with Crippen LogP contribution in [-0.2, 0) is 32.2 Å². The fourth-order valence-electron chi connectivity index (χ4n) is 5.14. The summed E-state index contributed by atoms with van der Waals surface area (Å²) in [6.07, 6.45) is -3.95. The maximum absolute atomic E-state index is 14.6. The molecule has 2 aliphatic heterocycles. The number of nitrogen functional groups attached to an aromatic ring is 2. The number of ether oxygens (including phenoxy) is 2. The highest BCUT2D eigenvalue weighted by atomic mass is 31.2. The Morgan fingerprint density at radius 1 is 1.02 bits per heavy atom. The summed E-state index contributed by atoms with van der Waals surface area (Å²) in [5.41, 5.74) is 10.9. The zero-order valence-corrected chi connectivity index (χ0v) is 24.5. The van der Waals surface area contributed by atoms with Crippen LogP contribution in [0.25, 0.3) is 22.2 Å². The van der Waals surface area contributed by atoms with Crippen molar-refractivity contribution in [3.63, 3.8) is 0 Å². The number of aliphatic hydroxyl groups is 1. The highest BCUT2D eigenvalue weighted by Gasteiger charge is 2.44. The van der Waals surface area contributed by atoms with E-state index in [4.69, 9.17) is 39.8 Å². The lowest BCUT2D eigenvalue weighted by atomic mass is 10.2. The third kappa shape index (κ3) is 6.48. The molecule has 6 heterocycles. The molecule has 9 N–H and O–H groups in total. The van der Waals surface area contributed by atoms with Crippen LogP contribution in [-0.4, -0.2) is 91.5 Å². The molecule has 0 spiro atoms. The maximum atomic E-state index is 14.6. The van der Waals surface area contributed by atoms with Crippen LogP contribution >= 0.6 is 15.6 Å². The van der Waals surface area contributed by atoms with Crippen molar-refractivity contribution in [2.75, 3.05) is 24.7 Å². The number of phosphoric acid groups is 2. The molecule has 21 nitrogen and oxygen atoms in total. The van der Waals surface area contributed by atoms with Gasteiger partial charge in [-0.2, -0.15) is 4.98 Å². The number of halogens is 1. The fraction of sp³-hybridized carbons (Fsp3) is 0.476. The zero-order chi connectivity index (χ0) is 32.3. The van der Waals surface area contributed by atoms with E-state index < -0.39 is 77.1 Å². The molecule has 4 aromatic heterocycles. The second kappa shape index (κ2) is 11.8. The minimum Gasteiger partial charge on any atom is -0.390 e. The molecule has 0 saturated carbocycles. The van der Waals surface area contributed by atoms with Crippen molar-refractivity contribution < 1.29 is 56.4 Å². The van der Waals surface area contributed by atoms with Crippen LogP contribution in [0.2, 0.25) is 0 Å². The van der Waals surface area contributed by atoms with Crippen LogP contribution < -0.4 is 17.0 Å². The number of hydrogen-bond donors (Lipinski definition) is 7. The van der Waals surface area contributed by atoms with Gasteiger partial charge in [0, 0.05) is 19.0 Å². The van der Waals surface area contributed by atoms with Gasteiger partial charge in [-0.25, -0.2) is 28.5 Å². The first-order chi connectivity index (χ1) is 21.2. The molecule has 0 radical (unpaired) electrons. The van der Waals surface area contributed by atoms with E-state index in [0.29, 0.717) is 0 Å². The Kier molecular flexibility index (Phi) is 8.25. The second-order valence-electron chi connectivity index (χ2n) is 10.1. The molecular weight excluding hydrogens is 651 g/mol. The van der Waals surface area contributed by atoms with Gasteiger partial charge >= 0.3 is 15.6 Å². The normalized spacial score (nSPS) is 27.0. The summed E-state index contributed by atoms with van der Waals surface area (Å²) in [4.78, 5) is 59.0. The standard InChI is InChI=1S/C21H26FN9O12P2/c22-8-3-30(18-15(8)17(23)25-6-26-18)14-2-10(12(42-14)5-39-44(34,35)36)43-45(37,38)40-4-11-9(32)1-13(41-11)31-7-27-16-19(31)28-21(24)29-20(16)33/h3,6-7,9-14,32H,1-2,4-5H2,(H,37,38)(H2,23,25,26)(H2,34,35,36)(H3,24,28,29,33)/t9-,10-,11+,12+,13+,14+/m0/s1. The van der Waals surface area contributed by atoms with Crippen LogP contribution in [0.3, 0.4) is 0 Å². The summed E-state index contributed by atoms with van der Waals surface area (Å²) in [7, 11) is -9.96. The average Bonchev–Trinajstić information content (AvgIpc) is 3.71. The summed E-state index contributed by atoms with van der Waals surface area (Å²) in [5, 5.41) is 10.4. The van der Waals surface area contributed by atoms with Crippen molar-refractivity contribution in [2.45, 2.75) is 49.7 Å². The van der Waals surface area contributed by atoms with Gasteiger partial charge in [-0.15, -0.1) is 0 Å². The lowest BCUT2D eigenvalue weighted by Gasteiger charge is -2.22. The van der Waals surface area contributed by atoms with Crippen molar-refractivity contribution in [3.8, 4) is 0 Å². The van der Waals surface area contributed by atoms with E-state index in [1.165, 1.54) is 15.5 Å². The van der Waals surface area contributed by atoms with E-state index in [1.807, 2.05) is 0 Å². The molecule has 24 heteroatoms. The highest BCUT2D eigenvalue weighted by molar-refractivity contribution is 7.47. The van der Waals surface area contributed by atoms with Crippen LogP contribution in [0, 0.1) is 5.82 Å². The summed E-state index contributed by atoms with van der Waals surface area (Å²) in [6, 6.07) is 0. The van der Waals surface area contributed by atoms with E-state index in [1.54, 1.807) is 0 Å². The first kappa shape index (κ1) is 31.6. The van der Waals surface area contributed by atoms with Crippen LogP contribution in [0.1, 0.15) is 25.3 Å². The van der Waals surface area contributed by atoms with Gasteiger partial charge < -0.3 is 45.3 Å². The predicted molar refractivity (Wildman–Crippen MR) is 146 cm³/mol. The molecule has 7 atom stereocenters. The zero-order valence-electron chi connectivity index (χ0n) is 22.7. The van der Waals surface area contributed by atoms with Crippen LogP contribution in [0.15, 0.2) is 23.6 Å². The largest absolute Gasteiger partial charge is 0.472 e. The molecule has 4 aromatic rings. The van der Waals surface area contributed by atoms with Gasteiger partial charge in [-0.3, -0.25) is 27.9 Å². The topological polar surface area (TPSA) is 308 Å². The van der Waals surface area contributed by atoms with E-state index >= 15 is 0 Å². The van der Waals surface area contributed by atoms with Crippen molar-refractivity contribution in [1.29, 1.82) is 0 Å². The summed E-state index contributed by atoms with van der Waals surface area (Å²) < 4.78 is 68.0. The molecule has 2 fully saturated rings. The van der Waals surface area contributed by atoms with Crippen molar-refractivity contribution in [2.24, 2.45) is 0 Å². The van der Waals surface area contributed by atoms with Crippen molar-refractivity contribution in [3.05, 3.63) is 35.0 Å². The molecule has 1 unspecified atom stereocenters. The number of imidazole rings is 1. The minimum absolute atomic E-state index is 0.0174. The van der Waals surface area contributed by atoms with Crippen molar-refractivity contribution >= 4 is 49.6 Å². The maximum Gasteiger partial charge on any atom is 0.472 e. The highest BCUT2D eigenvalue weighted by Crippen LogP contribution is 2.50. The molecule has 2 aliphatic rings. The van der Waals surface area contributed by atoms with E-state index in [9.17, 15) is 28.3 Å². The Hall–Kier alpha value is -3.40. The third-order valence-corrected chi connectivity index (χ3v) is 8.62. The lowest BCUT2D eigenvalue weighted by molar-refractivity contribution is -0.0548. The lowest BCUT2D eigenvalue weighted by Crippen LogP contribution is -2.29. The SMILES string of the molecule is Nc1nc2c(ncn2[C@H]2C[C@H](O)[C@@H](COP(=O)(O)O[C@H]3C[C@H](n4cc(F)c5c(N)ncnc54)O[C@@H]3COP(=O)(O)O)O2)c(=O)[nH]1. The number of nitrogens with zero attached hydrogens (tertiary/aromatic N) is 6. The number of hydrogen-bond acceptors (Lipinski definition) is 15. The molecule has 6 rings (SSSR count). The fourth-order valence-corrected chi connectivity index (χ4v) is 6.44. The number of rotatable bonds is 10. The summed E-state index contributed by atoms with van der Waals surface area (Å²) >= 11 is 0. The minimum atomic E-state index is -4.99. The van der Waals surface area contributed by atoms with Gasteiger partial charge in [-0.1, -0.05) is 0 Å². The molecular formula is C21H26FN9O12P2. The van der Waals surface area contributed by atoms with Gasteiger partial charge in [0.1, 0.15) is 42.9 Å². The van der Waals surface area contributed by atoms with E-state index in [0.717, 1.165) is 12.5 Å². The van der Waals surface area contributed by atoms with Gasteiger partial charge in [-0.05, 0) is 0 Å². The molecule has 0 aromatic carbocycles. The first-order valence-corrected chi connectivity index (χ1v) is 16.1. The molecule has 0 bridgehead atoms. The summed E-state index contributed by atoms with van der Waals surface area (Å²) in [5.74, 6) is -1.09. The molecule has 244 valence electrons. The number of phosphoric ester groups is 2. The third-order valence-electron chi connectivity index (χ3n) is 7.13. The number of nitrogens with one attached hydrogen (secondary N) is 1. The Balaban J connectivity index is 1.15. The van der Waals surface area contributed by atoms with Crippen LogP contribution in [0.4, 0.5) is 16.2 Å². The van der Waals surface area contributed by atoms with E-state index in [-0.39, 0.29) is 46.8 Å². The molecule has 45 heavy (non-hydrogen) atoms. The Morgan fingerprint density at radius 2 is 1.73 bits per heavy atom. The van der Waals surface area contributed by atoms with Crippen LogP contribution in [0.5, 0.6) is 0 Å². The second-order valence-corrected chi connectivity index (χ2v) is 12.8. The molecule has 0 amide bonds. The quantitative estimate of drug-likeness (QED) is 0.103. The van der Waals surface area contributed by atoms with Gasteiger partial charge in [0.15, 0.2) is 22.6 Å². The number of aliphatic hydroxyl groups excluding tert-OH is 1. The van der Waals surface area contributed by atoms with Gasteiger partial charge in [0.25, 0.3) is 5.56 Å². The number of H-pyrrole nitrogens is 1. The summed E-state index contributed by atoms with van der Waals surface area (Å²) in [6.45, 7) is -1.42. The number of fused-ring (bicyclic) bond motifs is 2. The first-order valence-electron chi connectivity index (χ1n) is 13.0. The Labute approximate surface area is 249 Å². The van der Waals surface area contributed by atoms with E-state index in [2.05, 4.69) is 29.4 Å². The monoisotopic (exact) mass is 677 g/mol. The Bertz CT molecular complexity index is 1900. The average molecular weight is 677 g/mol. The number of nitrogens with two attached hydrogens (primary N) is 2. The smallest absolute Gasteiger partial charge is 0.390 e. The molecule has 0 aliphatic carbocycles. The predicted octanol–water partition coefficient (Wildman–Crippen LogP) is -0.585. The number of aromatic nitrogens is 7. The molecule has 2 saturated heterocycles. The van der Waals surface area contributed by atoms with Gasteiger partial charge in [0.2, 0.25) is 5.95 Å². The Morgan fingerprint density at radius 3 is 2.49 bits per heavy atom. The van der Waals surface area contributed by atoms with Gasteiger partial charge in [0.05, 0.1) is 31.0 Å². The van der Waals surface area contributed by atoms with Crippen molar-refractivity contribution in [1.82, 2.24) is 34.1 Å².